The van der Waals surface area contributed by atoms with Crippen LogP contribution in [0.2, 0.25) is 0 Å². The fourth-order valence-electron chi connectivity index (χ4n) is 4.60. The van der Waals surface area contributed by atoms with Crippen molar-refractivity contribution in [3.8, 4) is 0 Å². The maximum absolute atomic E-state index is 10.4. The Morgan fingerprint density at radius 1 is 0.533 bits per heavy atom. The number of aliphatic carboxylic acids is 1. The summed E-state index contributed by atoms with van der Waals surface area (Å²) in [6.45, 7) is 4.69. The van der Waals surface area contributed by atoms with Crippen LogP contribution in [0.3, 0.4) is 0 Å². The van der Waals surface area contributed by atoms with E-state index < -0.39 is 5.97 Å². The van der Waals surface area contributed by atoms with Crippen molar-refractivity contribution in [2.75, 3.05) is 0 Å². The molecule has 1 unspecified atom stereocenters. The fourth-order valence-corrected chi connectivity index (χ4v) is 4.60. The van der Waals surface area contributed by atoms with E-state index >= 15 is 0 Å². The molecule has 0 radical (unpaired) electrons. The van der Waals surface area contributed by atoms with Gasteiger partial charge < -0.3 is 5.11 Å². The first-order valence-electron chi connectivity index (χ1n) is 13.9. The first kappa shape index (κ1) is 29.5. The molecule has 1 N–H and O–H groups in total. The lowest BCUT2D eigenvalue weighted by atomic mass is 9.92. The maximum Gasteiger partial charge on any atom is 0.303 e. The standard InChI is InChI=1S/C28H56O2/c1-3-5-6-7-8-15-18-21-24-27(4-2)25-22-19-16-13-11-9-10-12-14-17-20-23-26-28(29)30/h27H,3-26H2,1-2H3,(H,29,30). The summed E-state index contributed by atoms with van der Waals surface area (Å²) in [6, 6.07) is 0. The summed E-state index contributed by atoms with van der Waals surface area (Å²) in [5, 5.41) is 8.61. The third kappa shape index (κ3) is 23.7. The second-order valence-corrected chi connectivity index (χ2v) is 9.71. The molecule has 0 aliphatic heterocycles. The highest BCUT2D eigenvalue weighted by molar-refractivity contribution is 5.66. The zero-order chi connectivity index (χ0) is 22.1. The number of carboxylic acid groups (broad SMARTS) is 1. The van der Waals surface area contributed by atoms with Crippen molar-refractivity contribution in [3.63, 3.8) is 0 Å². The second-order valence-electron chi connectivity index (χ2n) is 9.71. The zero-order valence-electron chi connectivity index (χ0n) is 20.9. The van der Waals surface area contributed by atoms with E-state index in [1.54, 1.807) is 0 Å². The van der Waals surface area contributed by atoms with Crippen LogP contribution in [0, 0.1) is 5.92 Å². The highest BCUT2D eigenvalue weighted by Gasteiger charge is 2.06. The average molecular weight is 425 g/mol. The lowest BCUT2D eigenvalue weighted by Crippen LogP contribution is -1.99. The third-order valence-corrected chi connectivity index (χ3v) is 6.80. The van der Waals surface area contributed by atoms with Crippen molar-refractivity contribution in [3.05, 3.63) is 0 Å². The summed E-state index contributed by atoms with van der Waals surface area (Å²) in [7, 11) is 0. The monoisotopic (exact) mass is 424 g/mol. The average Bonchev–Trinajstić information content (AvgIpc) is 2.74. The Balaban J connectivity index is 3.26. The van der Waals surface area contributed by atoms with Crippen molar-refractivity contribution < 1.29 is 9.90 Å². The van der Waals surface area contributed by atoms with Gasteiger partial charge in [0.2, 0.25) is 0 Å². The lowest BCUT2D eigenvalue weighted by Gasteiger charge is -2.14. The van der Waals surface area contributed by atoms with Gasteiger partial charge >= 0.3 is 5.97 Å². The molecular formula is C28H56O2. The molecule has 0 fully saturated rings. The molecule has 0 aromatic rings. The van der Waals surface area contributed by atoms with Gasteiger partial charge in [-0.25, -0.2) is 0 Å². The van der Waals surface area contributed by atoms with Crippen LogP contribution in [0.15, 0.2) is 0 Å². The highest BCUT2D eigenvalue weighted by atomic mass is 16.4. The molecular weight excluding hydrogens is 368 g/mol. The fraction of sp³-hybridized carbons (Fsp3) is 0.964. The molecule has 0 aliphatic rings. The number of carboxylic acids is 1. The Morgan fingerprint density at radius 2 is 0.867 bits per heavy atom. The van der Waals surface area contributed by atoms with E-state index in [1.807, 2.05) is 0 Å². The van der Waals surface area contributed by atoms with Crippen LogP contribution in [0.25, 0.3) is 0 Å². The molecule has 0 saturated carbocycles. The molecule has 0 amide bonds. The number of hydrogen-bond acceptors (Lipinski definition) is 1. The van der Waals surface area contributed by atoms with Gasteiger partial charge in [0.25, 0.3) is 0 Å². The predicted molar refractivity (Wildman–Crippen MR) is 133 cm³/mol. The van der Waals surface area contributed by atoms with E-state index in [4.69, 9.17) is 5.11 Å². The topological polar surface area (TPSA) is 37.3 Å². The largest absolute Gasteiger partial charge is 0.481 e. The van der Waals surface area contributed by atoms with Crippen LogP contribution in [0.4, 0.5) is 0 Å². The molecule has 0 aliphatic carbocycles. The summed E-state index contributed by atoms with van der Waals surface area (Å²) in [4.78, 5) is 10.4. The van der Waals surface area contributed by atoms with Crippen molar-refractivity contribution in [2.45, 2.75) is 168 Å². The van der Waals surface area contributed by atoms with Gasteiger partial charge in [0.15, 0.2) is 0 Å². The molecule has 0 rings (SSSR count). The van der Waals surface area contributed by atoms with Gasteiger partial charge in [0.1, 0.15) is 0 Å². The van der Waals surface area contributed by atoms with E-state index in [-0.39, 0.29) is 0 Å². The quantitative estimate of drug-likeness (QED) is 0.148. The van der Waals surface area contributed by atoms with Gasteiger partial charge in [-0.05, 0) is 12.3 Å². The maximum atomic E-state index is 10.4. The van der Waals surface area contributed by atoms with Crippen molar-refractivity contribution in [2.24, 2.45) is 5.92 Å². The number of carbonyl (C=O) groups is 1. The first-order valence-corrected chi connectivity index (χ1v) is 13.9. The Kier molecular flexibility index (Phi) is 24.3. The molecule has 0 spiro atoms. The normalized spacial score (nSPS) is 12.3. The number of rotatable bonds is 25. The second kappa shape index (κ2) is 24.7. The minimum absolute atomic E-state index is 0.345. The van der Waals surface area contributed by atoms with E-state index in [0.717, 1.165) is 18.8 Å². The molecule has 0 aromatic carbocycles. The van der Waals surface area contributed by atoms with Crippen LogP contribution in [0.1, 0.15) is 168 Å². The van der Waals surface area contributed by atoms with Gasteiger partial charge in [0.05, 0.1) is 0 Å². The first-order chi connectivity index (χ1) is 14.7. The minimum atomic E-state index is -0.649. The van der Waals surface area contributed by atoms with Crippen LogP contribution < -0.4 is 0 Å². The molecule has 2 nitrogen and oxygen atoms in total. The van der Waals surface area contributed by atoms with Crippen LogP contribution in [-0.4, -0.2) is 11.1 Å². The Hall–Kier alpha value is -0.530. The molecule has 30 heavy (non-hydrogen) atoms. The number of hydrogen-bond donors (Lipinski definition) is 1. The van der Waals surface area contributed by atoms with Crippen LogP contribution in [-0.2, 0) is 4.79 Å². The van der Waals surface area contributed by atoms with Gasteiger partial charge in [0, 0.05) is 6.42 Å². The third-order valence-electron chi connectivity index (χ3n) is 6.80. The van der Waals surface area contributed by atoms with Crippen LogP contribution in [0.5, 0.6) is 0 Å². The Bertz CT molecular complexity index is 340. The minimum Gasteiger partial charge on any atom is -0.481 e. The lowest BCUT2D eigenvalue weighted by molar-refractivity contribution is -0.137. The Labute approximate surface area is 190 Å². The smallest absolute Gasteiger partial charge is 0.303 e. The molecule has 180 valence electrons. The summed E-state index contributed by atoms with van der Waals surface area (Å²) in [5.74, 6) is 0.337. The summed E-state index contributed by atoms with van der Waals surface area (Å²) in [6.07, 6.45) is 31.9. The van der Waals surface area contributed by atoms with E-state index in [9.17, 15) is 4.79 Å². The summed E-state index contributed by atoms with van der Waals surface area (Å²) >= 11 is 0. The van der Waals surface area contributed by atoms with Crippen molar-refractivity contribution in [1.29, 1.82) is 0 Å². The summed E-state index contributed by atoms with van der Waals surface area (Å²) < 4.78 is 0. The van der Waals surface area contributed by atoms with Crippen LogP contribution >= 0.6 is 0 Å². The Morgan fingerprint density at radius 3 is 1.20 bits per heavy atom. The van der Waals surface area contributed by atoms with Crippen molar-refractivity contribution >= 4 is 5.97 Å². The van der Waals surface area contributed by atoms with Gasteiger partial charge in [-0.2, -0.15) is 0 Å². The van der Waals surface area contributed by atoms with E-state index in [1.165, 1.54) is 135 Å². The molecule has 0 bridgehead atoms. The highest BCUT2D eigenvalue weighted by Crippen LogP contribution is 2.22. The summed E-state index contributed by atoms with van der Waals surface area (Å²) in [5.41, 5.74) is 0. The van der Waals surface area contributed by atoms with Gasteiger partial charge in [-0.3, -0.25) is 4.79 Å². The molecule has 0 saturated heterocycles. The molecule has 0 aromatic heterocycles. The molecule has 0 heterocycles. The van der Waals surface area contributed by atoms with E-state index in [2.05, 4.69) is 13.8 Å². The number of unbranched alkanes of at least 4 members (excludes halogenated alkanes) is 18. The predicted octanol–water partition coefficient (Wildman–Crippen LogP) is 10.1. The van der Waals surface area contributed by atoms with Gasteiger partial charge in [-0.15, -0.1) is 0 Å². The van der Waals surface area contributed by atoms with E-state index in [0.29, 0.717) is 6.42 Å². The van der Waals surface area contributed by atoms with Crippen molar-refractivity contribution in [1.82, 2.24) is 0 Å². The van der Waals surface area contributed by atoms with Gasteiger partial charge in [-0.1, -0.05) is 155 Å². The zero-order valence-corrected chi connectivity index (χ0v) is 20.9. The SMILES string of the molecule is CCCCCCCCCCC(CC)CCCCCCCCCCCCCCC(=O)O. The molecule has 1 atom stereocenters. The molecule has 2 heteroatoms.